The molecule has 3 unspecified atom stereocenters. The molecule has 12 heteroatoms. The Morgan fingerprint density at radius 1 is 0.431 bits per heavy atom. The van der Waals surface area contributed by atoms with Crippen molar-refractivity contribution >= 4 is 34.8 Å². The van der Waals surface area contributed by atoms with Gasteiger partial charge in [0.1, 0.15) is 39.6 Å². The summed E-state index contributed by atoms with van der Waals surface area (Å²) in [5, 5.41) is 39.8. The number of fused-ring (bicyclic) bond motifs is 3. The first-order valence-electron chi connectivity index (χ1n) is 26.0. The highest BCUT2D eigenvalue weighted by Gasteiger charge is 2.56. The molecule has 3 amide bonds. The summed E-state index contributed by atoms with van der Waals surface area (Å²) < 4.78 is 16.3. The second-order valence-electron chi connectivity index (χ2n) is 20.9. The van der Waals surface area contributed by atoms with Crippen LogP contribution >= 0.6 is 0 Å². The van der Waals surface area contributed by atoms with Crippen LogP contribution in [0.1, 0.15) is 141 Å². The predicted octanol–water partition coefficient (Wildman–Crippen LogP) is 11.8. The number of benzene rings is 5. The number of ether oxygens (including phenoxy) is 3. The number of anilines is 3. The van der Waals surface area contributed by atoms with Crippen molar-refractivity contribution < 1.29 is 43.9 Å². The SMILES string of the molecule is COc1cc(C)c2c(c1)C(O)(C1CCCCC1)C(=O)N2.COc1cc(C)c2c(c1)C(c1ccc(O)cc1)(C1CCCC1)C(=O)N2.COc1cc(C)c2c(c1)C(c1ccc(O)cc1)(C1CCCCCC1)C(=O)N2. The molecule has 380 valence electrons. The van der Waals surface area contributed by atoms with E-state index in [1.165, 1.54) is 19.3 Å². The van der Waals surface area contributed by atoms with Gasteiger partial charge in [0.25, 0.3) is 5.91 Å². The van der Waals surface area contributed by atoms with Gasteiger partial charge >= 0.3 is 0 Å². The molecular formula is C60H71N3O9. The van der Waals surface area contributed by atoms with Crippen LogP contribution in [0.25, 0.3) is 0 Å². The molecule has 0 saturated heterocycles. The van der Waals surface area contributed by atoms with Crippen molar-refractivity contribution in [2.75, 3.05) is 37.3 Å². The Kier molecular flexibility index (Phi) is 14.4. The molecule has 3 aliphatic carbocycles. The van der Waals surface area contributed by atoms with E-state index in [-0.39, 0.29) is 47.0 Å². The van der Waals surface area contributed by atoms with E-state index in [2.05, 4.69) is 16.0 Å². The number of carbonyl (C=O) groups excluding carboxylic acids is 3. The first kappa shape index (κ1) is 50.4. The molecule has 6 N–H and O–H groups in total. The van der Waals surface area contributed by atoms with E-state index in [0.29, 0.717) is 11.3 Å². The van der Waals surface area contributed by atoms with E-state index in [0.717, 1.165) is 145 Å². The highest BCUT2D eigenvalue weighted by Crippen LogP contribution is 2.56. The minimum absolute atomic E-state index is 0.00371. The fraction of sp³-hybridized carbons (Fsp3) is 0.450. The minimum Gasteiger partial charge on any atom is -0.508 e. The van der Waals surface area contributed by atoms with Crippen LogP contribution in [0.15, 0.2) is 84.9 Å². The Hall–Kier alpha value is -6.53. The van der Waals surface area contributed by atoms with Crippen molar-refractivity contribution in [3.63, 3.8) is 0 Å². The third-order valence-electron chi connectivity index (χ3n) is 16.9. The third kappa shape index (κ3) is 8.62. The monoisotopic (exact) mass is 978 g/mol. The maximum absolute atomic E-state index is 13.6. The minimum atomic E-state index is -1.39. The number of carbonyl (C=O) groups is 3. The van der Waals surface area contributed by atoms with Gasteiger partial charge in [-0.15, -0.1) is 0 Å². The molecule has 11 rings (SSSR count). The van der Waals surface area contributed by atoms with Crippen molar-refractivity contribution in [1.29, 1.82) is 0 Å². The molecule has 3 aliphatic heterocycles. The molecule has 3 atom stereocenters. The van der Waals surface area contributed by atoms with Gasteiger partial charge in [-0.2, -0.15) is 0 Å². The van der Waals surface area contributed by atoms with Gasteiger partial charge in [0, 0.05) is 22.9 Å². The average molecular weight is 978 g/mol. The second-order valence-corrected chi connectivity index (χ2v) is 20.9. The number of aromatic hydroxyl groups is 2. The Morgan fingerprint density at radius 3 is 1.11 bits per heavy atom. The Balaban J connectivity index is 0.000000135. The first-order chi connectivity index (χ1) is 34.7. The van der Waals surface area contributed by atoms with E-state index in [4.69, 9.17) is 14.2 Å². The van der Waals surface area contributed by atoms with Crippen LogP contribution in [-0.4, -0.2) is 54.4 Å². The second kappa shape index (κ2) is 20.5. The Labute approximate surface area is 423 Å². The van der Waals surface area contributed by atoms with Crippen LogP contribution in [0.4, 0.5) is 17.1 Å². The van der Waals surface area contributed by atoms with Gasteiger partial charge in [-0.3, -0.25) is 14.4 Å². The van der Waals surface area contributed by atoms with E-state index in [1.807, 2.05) is 75.4 Å². The van der Waals surface area contributed by atoms with Gasteiger partial charge in [-0.25, -0.2) is 0 Å². The van der Waals surface area contributed by atoms with Gasteiger partial charge in [-0.05, 0) is 171 Å². The molecular weight excluding hydrogens is 907 g/mol. The lowest BCUT2D eigenvalue weighted by molar-refractivity contribution is -0.141. The lowest BCUT2D eigenvalue weighted by Crippen LogP contribution is -2.43. The molecule has 3 heterocycles. The van der Waals surface area contributed by atoms with Crippen LogP contribution in [0.5, 0.6) is 28.7 Å². The summed E-state index contributed by atoms with van der Waals surface area (Å²) in [4.78, 5) is 39.4. The predicted molar refractivity (Wildman–Crippen MR) is 280 cm³/mol. The fourth-order valence-electron chi connectivity index (χ4n) is 13.3. The highest BCUT2D eigenvalue weighted by molar-refractivity contribution is 6.11. The number of hydrogen-bond acceptors (Lipinski definition) is 9. The molecule has 0 radical (unpaired) electrons. The van der Waals surface area contributed by atoms with Gasteiger partial charge in [0.05, 0.1) is 27.0 Å². The molecule has 0 aromatic heterocycles. The number of nitrogens with one attached hydrogen (secondary N) is 3. The van der Waals surface area contributed by atoms with E-state index < -0.39 is 16.4 Å². The van der Waals surface area contributed by atoms with Crippen molar-refractivity contribution in [3.8, 4) is 28.7 Å². The molecule has 0 spiro atoms. The van der Waals surface area contributed by atoms with Crippen LogP contribution < -0.4 is 30.2 Å². The topological polar surface area (TPSA) is 176 Å². The summed E-state index contributed by atoms with van der Waals surface area (Å²) in [6, 6.07) is 25.9. The first-order valence-corrected chi connectivity index (χ1v) is 26.0. The van der Waals surface area contributed by atoms with Gasteiger partial charge in [0.15, 0.2) is 5.60 Å². The number of aliphatic hydroxyl groups is 1. The molecule has 3 saturated carbocycles. The van der Waals surface area contributed by atoms with Gasteiger partial charge in [0.2, 0.25) is 11.8 Å². The number of methoxy groups -OCH3 is 3. The number of phenolic OH excluding ortho intramolecular Hbond substituents is 2. The zero-order chi connectivity index (χ0) is 51.0. The number of hydrogen-bond donors (Lipinski definition) is 6. The average Bonchev–Trinajstić information content (AvgIpc) is 4.10. The molecule has 72 heavy (non-hydrogen) atoms. The Bertz CT molecular complexity index is 2830. The number of aryl methyl sites for hydroxylation is 3. The lowest BCUT2D eigenvalue weighted by Gasteiger charge is -2.36. The largest absolute Gasteiger partial charge is 0.508 e. The summed E-state index contributed by atoms with van der Waals surface area (Å²) in [5.74, 6) is 2.96. The Morgan fingerprint density at radius 2 is 0.736 bits per heavy atom. The molecule has 5 aromatic carbocycles. The summed E-state index contributed by atoms with van der Waals surface area (Å²) >= 11 is 0. The maximum atomic E-state index is 13.6. The fourth-order valence-corrected chi connectivity index (χ4v) is 13.3. The van der Waals surface area contributed by atoms with Crippen LogP contribution in [-0.2, 0) is 30.8 Å². The third-order valence-corrected chi connectivity index (χ3v) is 16.9. The highest BCUT2D eigenvalue weighted by atomic mass is 16.5. The van der Waals surface area contributed by atoms with E-state index in [9.17, 15) is 29.7 Å². The smallest absolute Gasteiger partial charge is 0.261 e. The van der Waals surface area contributed by atoms with Gasteiger partial charge < -0.3 is 45.5 Å². The summed E-state index contributed by atoms with van der Waals surface area (Å²) in [7, 11) is 4.92. The molecule has 12 nitrogen and oxygen atoms in total. The van der Waals surface area contributed by atoms with E-state index in [1.54, 1.807) is 51.7 Å². The normalized spacial score (nSPS) is 23.7. The zero-order valence-electron chi connectivity index (χ0n) is 42.7. The molecule has 3 fully saturated rings. The quantitative estimate of drug-likeness (QED) is 0.0827. The van der Waals surface area contributed by atoms with Gasteiger partial charge in [-0.1, -0.05) is 82.1 Å². The molecule has 6 aliphatic rings. The number of phenols is 2. The lowest BCUT2D eigenvalue weighted by atomic mass is 9.64. The molecule has 0 bridgehead atoms. The van der Waals surface area contributed by atoms with Crippen molar-refractivity contribution in [3.05, 3.63) is 129 Å². The molecule has 5 aromatic rings. The maximum Gasteiger partial charge on any atom is 0.261 e. The standard InChI is InChI=1S/C23H27NO3.C21H23NO3.C16H21NO3/c1-15-13-19(27-2)14-20-21(15)24-22(26)23(20,16-7-5-3-4-6-8-16)17-9-11-18(25)12-10-17;1-13-11-17(25-2)12-18-19(13)22-20(24)21(18,14-5-3-4-6-14)15-7-9-16(23)10-8-15;1-10-8-12(20-2)9-13-14(10)17-15(18)16(13,19)11-6-4-3-5-7-11/h9-14,16,25H,3-8H2,1-2H3,(H,24,26);7-12,14,23H,3-6H2,1-2H3,(H,22,24);8-9,11,19H,3-7H2,1-2H3,(H,17,18). The van der Waals surface area contributed by atoms with Crippen LogP contribution in [0.3, 0.4) is 0 Å². The van der Waals surface area contributed by atoms with Crippen molar-refractivity contribution in [2.45, 2.75) is 134 Å². The zero-order valence-corrected chi connectivity index (χ0v) is 42.7. The van der Waals surface area contributed by atoms with E-state index >= 15 is 0 Å². The van der Waals surface area contributed by atoms with Crippen LogP contribution in [0.2, 0.25) is 0 Å². The summed E-state index contributed by atoms with van der Waals surface area (Å²) in [6.45, 7) is 5.94. The summed E-state index contributed by atoms with van der Waals surface area (Å²) in [6.07, 6.45) is 16.3. The van der Waals surface area contributed by atoms with Crippen molar-refractivity contribution in [1.82, 2.24) is 0 Å². The van der Waals surface area contributed by atoms with Crippen molar-refractivity contribution in [2.24, 2.45) is 17.8 Å². The number of rotatable bonds is 8. The van der Waals surface area contributed by atoms with Crippen LogP contribution in [0, 0.1) is 38.5 Å². The number of amides is 3. The summed E-state index contributed by atoms with van der Waals surface area (Å²) in [5.41, 5.74) is 7.32.